The maximum atomic E-state index is 12.7. The summed E-state index contributed by atoms with van der Waals surface area (Å²) in [5, 5.41) is 2.02. The summed E-state index contributed by atoms with van der Waals surface area (Å²) >= 11 is 1.54. The van der Waals surface area contributed by atoms with Crippen molar-refractivity contribution in [3.63, 3.8) is 0 Å². The number of hydrogen-bond acceptors (Lipinski definition) is 4. The minimum atomic E-state index is 0.0177. The molecule has 130 valence electrons. The summed E-state index contributed by atoms with van der Waals surface area (Å²) in [6.45, 7) is 5.27. The Morgan fingerprint density at radius 1 is 1.28 bits per heavy atom. The predicted molar refractivity (Wildman–Crippen MR) is 103 cm³/mol. The Bertz CT molecular complexity index is 916. The third-order valence-corrected chi connectivity index (χ3v) is 5.92. The van der Waals surface area contributed by atoms with Gasteiger partial charge < -0.3 is 0 Å². The quantitative estimate of drug-likeness (QED) is 0.710. The summed E-state index contributed by atoms with van der Waals surface area (Å²) in [7, 11) is 0. The normalized spacial score (nSPS) is 18.7. The van der Waals surface area contributed by atoms with Crippen LogP contribution < -0.4 is 5.56 Å². The van der Waals surface area contributed by atoms with Crippen molar-refractivity contribution in [1.82, 2.24) is 14.3 Å². The number of fused-ring (bicyclic) bond motifs is 1. The average Bonchev–Trinajstić information content (AvgIpc) is 3.07. The molecule has 4 nitrogen and oxygen atoms in total. The van der Waals surface area contributed by atoms with Crippen molar-refractivity contribution in [2.75, 3.05) is 13.1 Å². The summed E-state index contributed by atoms with van der Waals surface area (Å²) in [5.41, 5.74) is 2.88. The van der Waals surface area contributed by atoms with Gasteiger partial charge in [0.15, 0.2) is 4.96 Å². The molecule has 1 fully saturated rings. The van der Waals surface area contributed by atoms with Crippen molar-refractivity contribution in [1.29, 1.82) is 0 Å². The highest BCUT2D eigenvalue weighted by atomic mass is 32.1. The maximum absolute atomic E-state index is 12.7. The van der Waals surface area contributed by atoms with Crippen molar-refractivity contribution < 1.29 is 0 Å². The summed E-state index contributed by atoms with van der Waals surface area (Å²) in [4.78, 5) is 20.7. The molecule has 1 aliphatic rings. The van der Waals surface area contributed by atoms with E-state index < -0.39 is 0 Å². The van der Waals surface area contributed by atoms with Crippen molar-refractivity contribution in [2.24, 2.45) is 5.92 Å². The molecular weight excluding hydrogens is 330 g/mol. The molecule has 0 radical (unpaired) electrons. The van der Waals surface area contributed by atoms with E-state index in [0.717, 1.165) is 47.5 Å². The first-order valence-electron chi connectivity index (χ1n) is 9.02. The van der Waals surface area contributed by atoms with Gasteiger partial charge in [-0.1, -0.05) is 43.7 Å². The fourth-order valence-electron chi connectivity index (χ4n) is 3.71. The van der Waals surface area contributed by atoms with Crippen LogP contribution in [0.1, 0.15) is 31.9 Å². The van der Waals surface area contributed by atoms with Gasteiger partial charge in [0.25, 0.3) is 5.56 Å². The highest BCUT2D eigenvalue weighted by Gasteiger charge is 2.19. The van der Waals surface area contributed by atoms with Crippen LogP contribution in [0.5, 0.6) is 0 Å². The molecule has 5 heteroatoms. The molecule has 0 N–H and O–H groups in total. The smallest absolute Gasteiger partial charge is 0.259 e. The standard InChI is InChI=1S/C20H23N3OS/c1-2-15-7-6-10-22(12-15)13-17-11-19(24)23-18(14-25-20(23)21-17)16-8-4-3-5-9-16/h3-5,8-9,11,14-15H,2,6-7,10,12-13H2,1H3. The van der Waals surface area contributed by atoms with E-state index in [1.165, 1.54) is 30.6 Å². The lowest BCUT2D eigenvalue weighted by molar-refractivity contribution is 0.163. The van der Waals surface area contributed by atoms with Crippen molar-refractivity contribution in [3.05, 3.63) is 57.8 Å². The second-order valence-electron chi connectivity index (χ2n) is 6.84. The lowest BCUT2D eigenvalue weighted by atomic mass is 9.95. The van der Waals surface area contributed by atoms with Crippen LogP contribution in [0.25, 0.3) is 16.2 Å². The fourth-order valence-corrected chi connectivity index (χ4v) is 4.64. The summed E-state index contributed by atoms with van der Waals surface area (Å²) in [6.07, 6.45) is 3.81. The number of benzene rings is 1. The Balaban J connectivity index is 1.64. The van der Waals surface area contributed by atoms with Gasteiger partial charge >= 0.3 is 0 Å². The predicted octanol–water partition coefficient (Wildman–Crippen LogP) is 4.05. The van der Waals surface area contributed by atoms with Crippen LogP contribution in [-0.4, -0.2) is 27.4 Å². The summed E-state index contributed by atoms with van der Waals surface area (Å²) in [5.74, 6) is 0.782. The zero-order chi connectivity index (χ0) is 17.2. The molecule has 0 saturated carbocycles. The highest BCUT2D eigenvalue weighted by Crippen LogP contribution is 2.24. The van der Waals surface area contributed by atoms with Crippen molar-refractivity contribution >= 4 is 16.3 Å². The minimum Gasteiger partial charge on any atom is -0.297 e. The number of hydrogen-bond donors (Lipinski definition) is 0. The average molecular weight is 353 g/mol. The third-order valence-electron chi connectivity index (χ3n) is 5.09. The molecule has 0 aliphatic carbocycles. The van der Waals surface area contributed by atoms with E-state index in [2.05, 4.69) is 11.8 Å². The lowest BCUT2D eigenvalue weighted by Gasteiger charge is -2.31. The molecule has 1 aromatic carbocycles. The Hall–Kier alpha value is -1.98. The van der Waals surface area contributed by atoms with E-state index in [-0.39, 0.29) is 5.56 Å². The molecular formula is C20H23N3OS. The second kappa shape index (κ2) is 7.10. The summed E-state index contributed by atoms with van der Waals surface area (Å²) < 4.78 is 1.73. The first-order valence-corrected chi connectivity index (χ1v) is 9.90. The van der Waals surface area contributed by atoms with Crippen molar-refractivity contribution in [3.8, 4) is 11.3 Å². The van der Waals surface area contributed by atoms with Gasteiger partial charge in [-0.2, -0.15) is 0 Å². The second-order valence-corrected chi connectivity index (χ2v) is 7.68. The van der Waals surface area contributed by atoms with Gasteiger partial charge in [0.05, 0.1) is 11.4 Å². The molecule has 0 bridgehead atoms. The molecule has 2 aromatic heterocycles. The highest BCUT2D eigenvalue weighted by molar-refractivity contribution is 7.15. The SMILES string of the molecule is CCC1CCCN(Cc2cc(=O)n3c(-c4ccccc4)csc3n2)C1. The molecule has 1 saturated heterocycles. The first-order chi connectivity index (χ1) is 12.2. The van der Waals surface area contributed by atoms with Gasteiger partial charge in [-0.3, -0.25) is 14.1 Å². The molecule has 25 heavy (non-hydrogen) atoms. The molecule has 1 atom stereocenters. The minimum absolute atomic E-state index is 0.0177. The van der Waals surface area contributed by atoms with Crippen LogP contribution in [0.2, 0.25) is 0 Å². The monoisotopic (exact) mass is 353 g/mol. The Morgan fingerprint density at radius 2 is 2.12 bits per heavy atom. The number of aromatic nitrogens is 2. The topological polar surface area (TPSA) is 37.6 Å². The van der Waals surface area contributed by atoms with E-state index in [1.54, 1.807) is 10.5 Å². The zero-order valence-electron chi connectivity index (χ0n) is 14.5. The molecule has 3 aromatic rings. The van der Waals surface area contributed by atoms with Crippen molar-refractivity contribution in [2.45, 2.75) is 32.7 Å². The Labute approximate surface area is 151 Å². The largest absolute Gasteiger partial charge is 0.297 e. The van der Waals surface area contributed by atoms with Gasteiger partial charge in [-0.25, -0.2) is 4.98 Å². The van der Waals surface area contributed by atoms with E-state index in [9.17, 15) is 4.79 Å². The van der Waals surface area contributed by atoms with Crippen LogP contribution in [0.4, 0.5) is 0 Å². The number of rotatable bonds is 4. The number of thiazole rings is 1. The fraction of sp³-hybridized carbons (Fsp3) is 0.400. The first kappa shape index (κ1) is 16.5. The summed E-state index contributed by atoms with van der Waals surface area (Å²) in [6, 6.07) is 11.7. The van der Waals surface area contributed by atoms with E-state index in [4.69, 9.17) is 4.98 Å². The van der Waals surface area contributed by atoms with E-state index >= 15 is 0 Å². The van der Waals surface area contributed by atoms with Crippen LogP contribution in [0, 0.1) is 5.92 Å². The molecule has 0 spiro atoms. The van der Waals surface area contributed by atoms with Gasteiger partial charge in [0, 0.05) is 24.5 Å². The Kier molecular flexibility index (Phi) is 4.68. The van der Waals surface area contributed by atoms with E-state index in [0.29, 0.717) is 0 Å². The maximum Gasteiger partial charge on any atom is 0.259 e. The molecule has 4 rings (SSSR count). The van der Waals surface area contributed by atoms with Gasteiger partial charge in [-0.05, 0) is 30.9 Å². The van der Waals surface area contributed by atoms with Crippen LogP contribution in [0.15, 0.2) is 46.6 Å². The zero-order valence-corrected chi connectivity index (χ0v) is 15.3. The van der Waals surface area contributed by atoms with Gasteiger partial charge in [-0.15, -0.1) is 11.3 Å². The number of nitrogens with zero attached hydrogens (tertiary/aromatic N) is 3. The third kappa shape index (κ3) is 3.39. The Morgan fingerprint density at radius 3 is 2.92 bits per heavy atom. The lowest BCUT2D eigenvalue weighted by Crippen LogP contribution is -2.35. The molecule has 1 aliphatic heterocycles. The van der Waals surface area contributed by atoms with Gasteiger partial charge in [0.1, 0.15) is 0 Å². The molecule has 1 unspecified atom stereocenters. The molecule has 3 heterocycles. The van der Waals surface area contributed by atoms with E-state index in [1.807, 2.05) is 35.7 Å². The van der Waals surface area contributed by atoms with Crippen LogP contribution >= 0.6 is 11.3 Å². The number of likely N-dealkylation sites (tertiary alicyclic amines) is 1. The van der Waals surface area contributed by atoms with Crippen LogP contribution in [0.3, 0.4) is 0 Å². The molecule has 0 amide bonds. The van der Waals surface area contributed by atoms with Crippen LogP contribution in [-0.2, 0) is 6.54 Å². The van der Waals surface area contributed by atoms with Gasteiger partial charge in [0.2, 0.25) is 0 Å². The number of piperidine rings is 1.